The second-order valence-corrected chi connectivity index (χ2v) is 7.18. The van der Waals surface area contributed by atoms with E-state index in [9.17, 15) is 0 Å². The molecule has 2 aromatic carbocycles. The number of benzene rings is 2. The summed E-state index contributed by atoms with van der Waals surface area (Å²) < 4.78 is 7.31. The third kappa shape index (κ3) is 2.81. The average molecular weight is 380 g/mol. The van der Waals surface area contributed by atoms with Crippen LogP contribution in [0.2, 0.25) is 5.02 Å². The largest absolute Gasteiger partial charge is 0.378 e. The number of aromatic nitrogens is 4. The lowest BCUT2D eigenvalue weighted by atomic mass is 10.1. The second-order valence-electron chi connectivity index (χ2n) is 6.74. The zero-order valence-corrected chi connectivity index (χ0v) is 15.6. The lowest BCUT2D eigenvalue weighted by Crippen LogP contribution is -2.37. The quantitative estimate of drug-likeness (QED) is 0.531. The Bertz CT molecular complexity index is 1150. The zero-order chi connectivity index (χ0) is 18.4. The highest BCUT2D eigenvalue weighted by Gasteiger charge is 2.21. The highest BCUT2D eigenvalue weighted by atomic mass is 35.5. The van der Waals surface area contributed by atoms with Gasteiger partial charge in [0.1, 0.15) is 11.5 Å². The number of anilines is 1. The van der Waals surface area contributed by atoms with E-state index in [-0.39, 0.29) is 0 Å². The van der Waals surface area contributed by atoms with E-state index in [2.05, 4.69) is 34.3 Å². The molecule has 0 spiro atoms. The molecule has 0 amide bonds. The van der Waals surface area contributed by atoms with Gasteiger partial charge in [-0.2, -0.15) is 4.52 Å². The molecule has 0 aliphatic carbocycles. The minimum Gasteiger partial charge on any atom is -0.378 e. The summed E-state index contributed by atoms with van der Waals surface area (Å²) in [6.45, 7) is 5.05. The number of nitrogens with zero attached hydrogens (tertiary/aromatic N) is 5. The van der Waals surface area contributed by atoms with Gasteiger partial charge in [0, 0.05) is 29.1 Å². The van der Waals surface area contributed by atoms with Gasteiger partial charge in [-0.1, -0.05) is 40.6 Å². The Morgan fingerprint density at radius 2 is 1.93 bits per heavy atom. The summed E-state index contributed by atoms with van der Waals surface area (Å²) in [5.41, 5.74) is 4.66. The predicted octanol–water partition coefficient (Wildman–Crippen LogP) is 3.74. The molecule has 1 aliphatic rings. The Kier molecular flexibility index (Phi) is 3.95. The van der Waals surface area contributed by atoms with Crippen molar-refractivity contribution < 1.29 is 4.74 Å². The van der Waals surface area contributed by atoms with E-state index in [4.69, 9.17) is 21.3 Å². The summed E-state index contributed by atoms with van der Waals surface area (Å²) >= 11 is 6.28. The van der Waals surface area contributed by atoms with Crippen LogP contribution in [-0.2, 0) is 4.74 Å². The van der Waals surface area contributed by atoms with E-state index in [0.29, 0.717) is 18.2 Å². The van der Waals surface area contributed by atoms with Gasteiger partial charge in [-0.3, -0.25) is 0 Å². The summed E-state index contributed by atoms with van der Waals surface area (Å²) in [5.74, 6) is 0.902. The Hall–Kier alpha value is -2.70. The first kappa shape index (κ1) is 16.5. The molecule has 27 heavy (non-hydrogen) atoms. The first-order valence-corrected chi connectivity index (χ1v) is 9.33. The third-order valence-electron chi connectivity index (χ3n) is 4.89. The van der Waals surface area contributed by atoms with Gasteiger partial charge in [0.2, 0.25) is 0 Å². The van der Waals surface area contributed by atoms with Crippen LogP contribution in [0.3, 0.4) is 0 Å². The standard InChI is InChI=1S/C20H18ClN5O/c1-13-3-2-4-14(11-13)18-20-22-19(25-7-9-27-10-8-25)16-12-15(21)5-6-17(16)26(20)24-23-18/h2-6,11-12H,7-10H2,1H3. The summed E-state index contributed by atoms with van der Waals surface area (Å²) in [6.07, 6.45) is 0. The van der Waals surface area contributed by atoms with Gasteiger partial charge in [0.15, 0.2) is 5.65 Å². The fraction of sp³-hybridized carbons (Fsp3) is 0.250. The van der Waals surface area contributed by atoms with Crippen LogP contribution in [-0.4, -0.2) is 46.1 Å². The molecule has 7 heteroatoms. The van der Waals surface area contributed by atoms with Crippen molar-refractivity contribution in [1.82, 2.24) is 19.8 Å². The van der Waals surface area contributed by atoms with Gasteiger partial charge in [-0.15, -0.1) is 5.10 Å². The van der Waals surface area contributed by atoms with Crippen molar-refractivity contribution in [2.24, 2.45) is 0 Å². The molecule has 2 aromatic heterocycles. The maximum atomic E-state index is 6.28. The minimum atomic E-state index is 0.678. The Balaban J connectivity index is 1.80. The number of fused-ring (bicyclic) bond motifs is 3. The number of ether oxygens (including phenoxy) is 1. The fourth-order valence-corrected chi connectivity index (χ4v) is 3.74. The maximum Gasteiger partial charge on any atom is 0.186 e. The van der Waals surface area contributed by atoms with Gasteiger partial charge in [-0.25, -0.2) is 4.98 Å². The van der Waals surface area contributed by atoms with Crippen molar-refractivity contribution in [3.8, 4) is 11.3 Å². The number of aryl methyl sites for hydroxylation is 1. The highest BCUT2D eigenvalue weighted by Crippen LogP contribution is 2.32. The van der Waals surface area contributed by atoms with Crippen LogP contribution in [0.15, 0.2) is 42.5 Å². The van der Waals surface area contributed by atoms with Gasteiger partial charge in [-0.05, 0) is 31.2 Å². The Labute approximate surface area is 161 Å². The molecule has 0 bridgehead atoms. The van der Waals surface area contributed by atoms with Crippen LogP contribution in [0.4, 0.5) is 5.82 Å². The van der Waals surface area contributed by atoms with E-state index in [1.807, 2.05) is 30.3 Å². The topological polar surface area (TPSA) is 55.5 Å². The number of hydrogen-bond donors (Lipinski definition) is 0. The molecule has 1 fully saturated rings. The molecule has 6 nitrogen and oxygen atoms in total. The molecular formula is C20H18ClN5O. The lowest BCUT2D eigenvalue weighted by molar-refractivity contribution is 0.122. The van der Waals surface area contributed by atoms with Crippen LogP contribution in [0.5, 0.6) is 0 Å². The Morgan fingerprint density at radius 1 is 1.07 bits per heavy atom. The second kappa shape index (κ2) is 6.48. The van der Waals surface area contributed by atoms with Gasteiger partial charge < -0.3 is 9.64 Å². The van der Waals surface area contributed by atoms with Crippen molar-refractivity contribution in [1.29, 1.82) is 0 Å². The van der Waals surface area contributed by atoms with Crippen LogP contribution < -0.4 is 4.90 Å². The molecule has 0 unspecified atom stereocenters. The van der Waals surface area contributed by atoms with Gasteiger partial charge in [0.25, 0.3) is 0 Å². The van der Waals surface area contributed by atoms with E-state index in [1.165, 1.54) is 5.56 Å². The van der Waals surface area contributed by atoms with E-state index < -0.39 is 0 Å². The van der Waals surface area contributed by atoms with Crippen molar-refractivity contribution >= 4 is 34.0 Å². The summed E-state index contributed by atoms with van der Waals surface area (Å²) in [7, 11) is 0. The number of morpholine rings is 1. The van der Waals surface area contributed by atoms with Crippen LogP contribution in [0, 0.1) is 6.92 Å². The fourth-order valence-electron chi connectivity index (χ4n) is 3.57. The summed E-state index contributed by atoms with van der Waals surface area (Å²) in [6, 6.07) is 14.0. The normalized spacial score (nSPS) is 15.0. The SMILES string of the molecule is Cc1cccc(-c2nnn3c2nc(N2CCOCC2)c2cc(Cl)ccc23)c1. The molecular weight excluding hydrogens is 362 g/mol. The van der Waals surface area contributed by atoms with Crippen LogP contribution in [0.1, 0.15) is 5.56 Å². The van der Waals surface area contributed by atoms with Crippen molar-refractivity contribution in [3.05, 3.63) is 53.1 Å². The van der Waals surface area contributed by atoms with Crippen molar-refractivity contribution in [2.45, 2.75) is 6.92 Å². The summed E-state index contributed by atoms with van der Waals surface area (Å²) in [5, 5.41) is 10.5. The monoisotopic (exact) mass is 379 g/mol. The van der Waals surface area contributed by atoms with Crippen LogP contribution in [0.25, 0.3) is 27.8 Å². The summed E-state index contributed by atoms with van der Waals surface area (Å²) in [4.78, 5) is 7.23. The zero-order valence-electron chi connectivity index (χ0n) is 14.9. The average Bonchev–Trinajstić information content (AvgIpc) is 3.12. The predicted molar refractivity (Wildman–Crippen MR) is 107 cm³/mol. The molecule has 1 saturated heterocycles. The Morgan fingerprint density at radius 3 is 2.74 bits per heavy atom. The van der Waals surface area contributed by atoms with E-state index in [0.717, 1.165) is 46.7 Å². The smallest absolute Gasteiger partial charge is 0.186 e. The van der Waals surface area contributed by atoms with Gasteiger partial charge >= 0.3 is 0 Å². The van der Waals surface area contributed by atoms with Gasteiger partial charge in [0.05, 0.1) is 18.7 Å². The molecule has 0 saturated carbocycles. The molecule has 136 valence electrons. The highest BCUT2D eigenvalue weighted by molar-refractivity contribution is 6.31. The number of hydrogen-bond acceptors (Lipinski definition) is 5. The molecule has 0 atom stereocenters. The molecule has 0 N–H and O–H groups in total. The minimum absolute atomic E-state index is 0.678. The molecule has 4 aromatic rings. The lowest BCUT2D eigenvalue weighted by Gasteiger charge is -2.28. The maximum absolute atomic E-state index is 6.28. The number of rotatable bonds is 2. The van der Waals surface area contributed by atoms with E-state index >= 15 is 0 Å². The molecule has 3 heterocycles. The molecule has 1 aliphatic heterocycles. The number of halogens is 1. The van der Waals surface area contributed by atoms with Crippen molar-refractivity contribution in [2.75, 3.05) is 31.2 Å². The molecule has 5 rings (SSSR count). The first-order chi connectivity index (χ1) is 13.2. The van der Waals surface area contributed by atoms with Crippen LogP contribution >= 0.6 is 11.6 Å². The van der Waals surface area contributed by atoms with Crippen molar-refractivity contribution in [3.63, 3.8) is 0 Å². The van der Waals surface area contributed by atoms with E-state index in [1.54, 1.807) is 4.52 Å². The third-order valence-corrected chi connectivity index (χ3v) is 5.12. The molecule has 0 radical (unpaired) electrons. The first-order valence-electron chi connectivity index (χ1n) is 8.95.